The van der Waals surface area contributed by atoms with E-state index >= 15 is 0 Å². The second-order valence-electron chi connectivity index (χ2n) is 4.86. The Morgan fingerprint density at radius 2 is 1.67 bits per heavy atom. The van der Waals surface area contributed by atoms with Gasteiger partial charge in [0.1, 0.15) is 11.6 Å². The van der Waals surface area contributed by atoms with Crippen molar-refractivity contribution >= 4 is 11.6 Å². The summed E-state index contributed by atoms with van der Waals surface area (Å²) in [6, 6.07) is 11.5. The van der Waals surface area contributed by atoms with E-state index in [0.717, 1.165) is 17.5 Å². The van der Waals surface area contributed by atoms with E-state index < -0.39 is 17.0 Å². The minimum Gasteiger partial charge on any atom is -0.384 e. The van der Waals surface area contributed by atoms with Gasteiger partial charge in [-0.25, -0.2) is 8.78 Å². The van der Waals surface area contributed by atoms with Crippen molar-refractivity contribution in [2.24, 2.45) is 0 Å². The molecule has 4 heteroatoms. The minimum absolute atomic E-state index is 0.0287. The van der Waals surface area contributed by atoms with Crippen molar-refractivity contribution < 1.29 is 13.5 Å². The fourth-order valence-electron chi connectivity index (χ4n) is 2.14. The van der Waals surface area contributed by atoms with Crippen LogP contribution in [0.15, 0.2) is 42.5 Å². The zero-order valence-electron chi connectivity index (χ0n) is 11.8. The van der Waals surface area contributed by atoms with E-state index in [1.807, 2.05) is 24.3 Å². The summed E-state index contributed by atoms with van der Waals surface area (Å²) < 4.78 is 32.3. The number of rotatable bonds is 6. The molecule has 0 N–H and O–H groups in total. The summed E-state index contributed by atoms with van der Waals surface area (Å²) in [6.45, 7) is 0.657. The standard InChI is InChI=1S/C17H17ClF2O/c1-21-10-9-12-5-7-13(8-6-12)15(18)11-14-16(19)3-2-4-17(14)20/h2-8,15H,9-11H2,1H3. The Kier molecular flexibility index (Phi) is 5.71. The van der Waals surface area contributed by atoms with Crippen LogP contribution in [0.2, 0.25) is 0 Å². The lowest BCUT2D eigenvalue weighted by atomic mass is 10.0. The number of methoxy groups -OCH3 is 1. The maximum Gasteiger partial charge on any atom is 0.129 e. The van der Waals surface area contributed by atoms with Crippen molar-refractivity contribution in [1.29, 1.82) is 0 Å². The molecule has 112 valence electrons. The molecule has 2 rings (SSSR count). The molecule has 0 spiro atoms. The number of alkyl halides is 1. The summed E-state index contributed by atoms with van der Waals surface area (Å²) in [6.07, 6.45) is 0.948. The molecule has 1 atom stereocenters. The van der Waals surface area contributed by atoms with Crippen LogP contribution in [-0.4, -0.2) is 13.7 Å². The zero-order chi connectivity index (χ0) is 15.2. The van der Waals surface area contributed by atoms with E-state index in [1.165, 1.54) is 18.2 Å². The normalized spacial score (nSPS) is 12.4. The summed E-state index contributed by atoms with van der Waals surface area (Å²) in [4.78, 5) is 0. The van der Waals surface area contributed by atoms with Crippen LogP contribution in [0.25, 0.3) is 0 Å². The number of halogens is 3. The van der Waals surface area contributed by atoms with Crippen LogP contribution in [0.3, 0.4) is 0 Å². The van der Waals surface area contributed by atoms with Gasteiger partial charge in [0.2, 0.25) is 0 Å². The highest BCUT2D eigenvalue weighted by Gasteiger charge is 2.15. The van der Waals surface area contributed by atoms with E-state index in [2.05, 4.69) is 0 Å². The van der Waals surface area contributed by atoms with Crippen LogP contribution in [-0.2, 0) is 17.6 Å². The molecule has 0 amide bonds. The molecule has 21 heavy (non-hydrogen) atoms. The average Bonchev–Trinajstić information content (AvgIpc) is 2.49. The summed E-state index contributed by atoms with van der Waals surface area (Å²) in [5.41, 5.74) is 2.02. The Hall–Kier alpha value is -1.45. The Morgan fingerprint density at radius 3 is 2.24 bits per heavy atom. The second kappa shape index (κ2) is 7.53. The highest BCUT2D eigenvalue weighted by atomic mass is 35.5. The lowest BCUT2D eigenvalue weighted by Gasteiger charge is -2.12. The predicted octanol–water partition coefficient (Wildman–Crippen LogP) is 4.68. The molecule has 1 unspecified atom stereocenters. The van der Waals surface area contributed by atoms with Gasteiger partial charge < -0.3 is 4.74 Å². The summed E-state index contributed by atoms with van der Waals surface area (Å²) in [5.74, 6) is -1.12. The third kappa shape index (κ3) is 4.26. The molecule has 0 bridgehead atoms. The minimum atomic E-state index is -0.558. The van der Waals surface area contributed by atoms with Crippen LogP contribution in [0.4, 0.5) is 8.78 Å². The molecule has 0 aliphatic rings. The first-order chi connectivity index (χ1) is 10.1. The molecular weight excluding hydrogens is 294 g/mol. The van der Waals surface area contributed by atoms with Gasteiger partial charge >= 0.3 is 0 Å². The fourth-order valence-corrected chi connectivity index (χ4v) is 2.44. The lowest BCUT2D eigenvalue weighted by molar-refractivity contribution is 0.202. The topological polar surface area (TPSA) is 9.23 Å². The van der Waals surface area contributed by atoms with Gasteiger partial charge in [0, 0.05) is 12.7 Å². The number of hydrogen-bond donors (Lipinski definition) is 0. The molecule has 0 aliphatic heterocycles. The third-order valence-corrected chi connectivity index (χ3v) is 3.79. The molecule has 0 fully saturated rings. The molecule has 2 aromatic carbocycles. The Labute approximate surface area is 128 Å². The van der Waals surface area contributed by atoms with Crippen LogP contribution < -0.4 is 0 Å². The second-order valence-corrected chi connectivity index (χ2v) is 5.38. The molecule has 0 aromatic heterocycles. The zero-order valence-corrected chi connectivity index (χ0v) is 12.5. The first-order valence-electron chi connectivity index (χ1n) is 6.76. The summed E-state index contributed by atoms with van der Waals surface area (Å²) >= 11 is 6.28. The van der Waals surface area contributed by atoms with Gasteiger partial charge in [0.25, 0.3) is 0 Å². The highest BCUT2D eigenvalue weighted by molar-refractivity contribution is 6.20. The van der Waals surface area contributed by atoms with Crippen molar-refractivity contribution in [3.63, 3.8) is 0 Å². The Bertz CT molecular complexity index is 564. The van der Waals surface area contributed by atoms with Crippen molar-refractivity contribution in [2.45, 2.75) is 18.2 Å². The first-order valence-corrected chi connectivity index (χ1v) is 7.20. The van der Waals surface area contributed by atoms with Gasteiger partial charge in [-0.05, 0) is 36.1 Å². The number of benzene rings is 2. The third-order valence-electron chi connectivity index (χ3n) is 3.38. The van der Waals surface area contributed by atoms with E-state index in [9.17, 15) is 8.78 Å². The highest BCUT2D eigenvalue weighted by Crippen LogP contribution is 2.27. The molecule has 0 saturated heterocycles. The largest absolute Gasteiger partial charge is 0.384 e. The van der Waals surface area contributed by atoms with Crippen LogP contribution in [0.1, 0.15) is 22.1 Å². The van der Waals surface area contributed by atoms with E-state index in [4.69, 9.17) is 16.3 Å². The fraction of sp³-hybridized carbons (Fsp3) is 0.294. The van der Waals surface area contributed by atoms with Crippen molar-refractivity contribution in [3.05, 3.63) is 70.8 Å². The Balaban J connectivity index is 2.08. The quantitative estimate of drug-likeness (QED) is 0.704. The summed E-state index contributed by atoms with van der Waals surface area (Å²) in [5, 5.41) is -0.465. The molecular formula is C17H17ClF2O. The lowest BCUT2D eigenvalue weighted by Crippen LogP contribution is -2.02. The maximum absolute atomic E-state index is 13.6. The molecule has 0 aliphatic carbocycles. The van der Waals surface area contributed by atoms with Crippen molar-refractivity contribution in [1.82, 2.24) is 0 Å². The monoisotopic (exact) mass is 310 g/mol. The van der Waals surface area contributed by atoms with Gasteiger partial charge in [-0.2, -0.15) is 0 Å². The van der Waals surface area contributed by atoms with Gasteiger partial charge in [-0.1, -0.05) is 30.3 Å². The van der Waals surface area contributed by atoms with Crippen LogP contribution in [0.5, 0.6) is 0 Å². The predicted molar refractivity (Wildman–Crippen MR) is 80.7 cm³/mol. The molecule has 2 aromatic rings. The van der Waals surface area contributed by atoms with Gasteiger partial charge in [0.15, 0.2) is 0 Å². The molecule has 0 saturated carbocycles. The van der Waals surface area contributed by atoms with Crippen LogP contribution >= 0.6 is 11.6 Å². The van der Waals surface area contributed by atoms with Crippen LogP contribution in [0, 0.1) is 11.6 Å². The van der Waals surface area contributed by atoms with Crippen molar-refractivity contribution in [2.75, 3.05) is 13.7 Å². The smallest absolute Gasteiger partial charge is 0.129 e. The summed E-state index contributed by atoms with van der Waals surface area (Å²) in [7, 11) is 1.66. The first kappa shape index (κ1) is 15.9. The molecule has 0 heterocycles. The van der Waals surface area contributed by atoms with E-state index in [0.29, 0.717) is 6.61 Å². The van der Waals surface area contributed by atoms with Gasteiger partial charge in [0.05, 0.1) is 12.0 Å². The van der Waals surface area contributed by atoms with E-state index in [1.54, 1.807) is 7.11 Å². The number of hydrogen-bond acceptors (Lipinski definition) is 1. The number of ether oxygens (including phenoxy) is 1. The SMILES string of the molecule is COCCc1ccc(C(Cl)Cc2c(F)cccc2F)cc1. The van der Waals surface area contributed by atoms with Gasteiger partial charge in [-0.15, -0.1) is 11.6 Å². The Morgan fingerprint density at radius 1 is 1.05 bits per heavy atom. The molecule has 0 radical (unpaired) electrons. The average molecular weight is 311 g/mol. The maximum atomic E-state index is 13.6. The van der Waals surface area contributed by atoms with Gasteiger partial charge in [-0.3, -0.25) is 0 Å². The van der Waals surface area contributed by atoms with E-state index in [-0.39, 0.29) is 12.0 Å². The van der Waals surface area contributed by atoms with Crippen molar-refractivity contribution in [3.8, 4) is 0 Å². The molecule has 1 nitrogen and oxygen atoms in total.